The second kappa shape index (κ2) is 6.54. The summed E-state index contributed by atoms with van der Waals surface area (Å²) >= 11 is 1.45. The summed E-state index contributed by atoms with van der Waals surface area (Å²) < 4.78 is 25.1. The number of benzene rings is 2. The third kappa shape index (κ3) is 3.34. The molecule has 0 aromatic heterocycles. The Bertz CT molecular complexity index is 759. The summed E-state index contributed by atoms with van der Waals surface area (Å²) in [6.45, 7) is 0.291. The molecule has 22 heavy (non-hydrogen) atoms. The SMILES string of the molecule is O=S(=O)(c1ccccc1)C1CN=C(Nc2ccccc2)SC1. The number of thioether (sulfide) groups is 1. The van der Waals surface area contributed by atoms with E-state index in [1.54, 1.807) is 24.3 Å². The molecule has 3 rings (SSSR count). The van der Waals surface area contributed by atoms with E-state index in [1.165, 1.54) is 11.8 Å². The van der Waals surface area contributed by atoms with Crippen molar-refractivity contribution in [3.63, 3.8) is 0 Å². The maximum Gasteiger partial charge on any atom is 0.183 e. The van der Waals surface area contributed by atoms with Crippen molar-refractivity contribution >= 4 is 32.5 Å². The summed E-state index contributed by atoms with van der Waals surface area (Å²) in [7, 11) is -3.31. The van der Waals surface area contributed by atoms with Crippen molar-refractivity contribution < 1.29 is 8.42 Å². The van der Waals surface area contributed by atoms with Gasteiger partial charge < -0.3 is 5.32 Å². The lowest BCUT2D eigenvalue weighted by molar-refractivity contribution is 0.585. The highest BCUT2D eigenvalue weighted by Crippen LogP contribution is 2.24. The van der Waals surface area contributed by atoms with Crippen LogP contribution < -0.4 is 5.32 Å². The smallest absolute Gasteiger partial charge is 0.183 e. The molecule has 1 atom stereocenters. The Labute approximate surface area is 134 Å². The first kappa shape index (κ1) is 15.1. The first-order valence-corrected chi connectivity index (χ1v) is 9.48. The maximum atomic E-state index is 12.5. The molecule has 0 amide bonds. The standard InChI is InChI=1S/C16H16N2O2S2/c19-22(20,14-9-5-2-6-10-14)15-11-17-16(21-12-15)18-13-7-3-1-4-8-13/h1-10,15H,11-12H2,(H,17,18). The summed E-state index contributed by atoms with van der Waals surface area (Å²) in [5.74, 6) is 0.510. The minimum Gasteiger partial charge on any atom is -0.335 e. The Morgan fingerprint density at radius 2 is 1.64 bits per heavy atom. The van der Waals surface area contributed by atoms with E-state index in [-0.39, 0.29) is 0 Å². The molecule has 1 aliphatic heterocycles. The molecule has 1 N–H and O–H groups in total. The van der Waals surface area contributed by atoms with Gasteiger partial charge in [0.1, 0.15) is 0 Å². The fraction of sp³-hybridized carbons (Fsp3) is 0.188. The van der Waals surface area contributed by atoms with Gasteiger partial charge in [-0.25, -0.2) is 8.42 Å². The van der Waals surface area contributed by atoms with Crippen molar-refractivity contribution in [1.29, 1.82) is 0 Å². The van der Waals surface area contributed by atoms with Crippen LogP contribution in [-0.4, -0.2) is 31.1 Å². The average Bonchev–Trinajstić information content (AvgIpc) is 2.57. The molecule has 6 heteroatoms. The normalized spacial score (nSPS) is 18.5. The van der Waals surface area contributed by atoms with Crippen molar-refractivity contribution in [2.75, 3.05) is 17.6 Å². The fourth-order valence-electron chi connectivity index (χ4n) is 2.17. The van der Waals surface area contributed by atoms with Gasteiger partial charge in [0, 0.05) is 11.4 Å². The van der Waals surface area contributed by atoms with E-state index < -0.39 is 15.1 Å². The van der Waals surface area contributed by atoms with Gasteiger partial charge in [-0.05, 0) is 24.3 Å². The molecule has 0 radical (unpaired) electrons. The molecule has 1 unspecified atom stereocenters. The molecular weight excluding hydrogens is 316 g/mol. The monoisotopic (exact) mass is 332 g/mol. The Morgan fingerprint density at radius 3 is 2.23 bits per heavy atom. The zero-order valence-corrected chi connectivity index (χ0v) is 13.5. The zero-order chi connectivity index (χ0) is 15.4. The number of aliphatic imine (C=N–C) groups is 1. The van der Waals surface area contributed by atoms with Crippen LogP contribution >= 0.6 is 11.8 Å². The van der Waals surface area contributed by atoms with Crippen LogP contribution in [0.3, 0.4) is 0 Å². The number of amidine groups is 1. The highest BCUT2D eigenvalue weighted by Gasteiger charge is 2.30. The molecule has 0 bridgehead atoms. The lowest BCUT2D eigenvalue weighted by atomic mass is 10.3. The number of hydrogen-bond donors (Lipinski definition) is 1. The van der Waals surface area contributed by atoms with Gasteiger partial charge in [-0.3, -0.25) is 4.99 Å². The first-order chi connectivity index (χ1) is 10.7. The largest absolute Gasteiger partial charge is 0.335 e. The molecule has 1 aliphatic rings. The van der Waals surface area contributed by atoms with E-state index in [1.807, 2.05) is 36.4 Å². The number of nitrogens with one attached hydrogen (secondary N) is 1. The Kier molecular flexibility index (Phi) is 4.49. The fourth-order valence-corrected chi connectivity index (χ4v) is 5.08. The van der Waals surface area contributed by atoms with Gasteiger partial charge in [0.25, 0.3) is 0 Å². The van der Waals surface area contributed by atoms with Gasteiger partial charge in [-0.1, -0.05) is 48.2 Å². The zero-order valence-electron chi connectivity index (χ0n) is 11.8. The molecular formula is C16H16N2O2S2. The van der Waals surface area contributed by atoms with E-state index in [0.29, 0.717) is 17.2 Å². The van der Waals surface area contributed by atoms with E-state index in [2.05, 4.69) is 10.3 Å². The predicted octanol–water partition coefficient (Wildman–Crippen LogP) is 3.04. The van der Waals surface area contributed by atoms with Gasteiger partial charge in [0.2, 0.25) is 0 Å². The lowest BCUT2D eigenvalue weighted by Gasteiger charge is -2.21. The quantitative estimate of drug-likeness (QED) is 0.938. The Balaban J connectivity index is 1.71. The summed E-state index contributed by atoms with van der Waals surface area (Å²) in [6.07, 6.45) is 0. The molecule has 0 aliphatic carbocycles. The third-order valence-corrected chi connectivity index (χ3v) is 6.79. The molecule has 2 aromatic carbocycles. The molecule has 0 fully saturated rings. The minimum absolute atomic E-state index is 0.291. The van der Waals surface area contributed by atoms with Crippen LogP contribution in [0.5, 0.6) is 0 Å². The second-order valence-electron chi connectivity index (χ2n) is 4.93. The average molecular weight is 332 g/mol. The lowest BCUT2D eigenvalue weighted by Crippen LogP contribution is -2.32. The number of para-hydroxylation sites is 1. The van der Waals surface area contributed by atoms with Crippen molar-refractivity contribution in [2.24, 2.45) is 4.99 Å². The number of hydrogen-bond acceptors (Lipinski definition) is 5. The molecule has 114 valence electrons. The van der Waals surface area contributed by atoms with Crippen LogP contribution in [0.15, 0.2) is 70.6 Å². The van der Waals surface area contributed by atoms with Gasteiger partial charge in [-0.15, -0.1) is 0 Å². The molecule has 0 saturated carbocycles. The van der Waals surface area contributed by atoms with Gasteiger partial charge >= 0.3 is 0 Å². The van der Waals surface area contributed by atoms with Crippen LogP contribution in [0, 0.1) is 0 Å². The van der Waals surface area contributed by atoms with E-state index in [0.717, 1.165) is 10.9 Å². The topological polar surface area (TPSA) is 58.5 Å². The molecule has 0 spiro atoms. The number of sulfone groups is 1. The van der Waals surface area contributed by atoms with Crippen LogP contribution in [0.25, 0.3) is 0 Å². The number of rotatable bonds is 3. The van der Waals surface area contributed by atoms with E-state index in [4.69, 9.17) is 0 Å². The van der Waals surface area contributed by atoms with Gasteiger partial charge in [-0.2, -0.15) is 0 Å². The molecule has 1 heterocycles. The van der Waals surface area contributed by atoms with E-state index >= 15 is 0 Å². The Hall–Kier alpha value is -1.79. The number of nitrogens with zero attached hydrogens (tertiary/aromatic N) is 1. The van der Waals surface area contributed by atoms with Gasteiger partial charge in [0.05, 0.1) is 16.7 Å². The van der Waals surface area contributed by atoms with E-state index in [9.17, 15) is 8.42 Å². The van der Waals surface area contributed by atoms with Crippen molar-refractivity contribution in [1.82, 2.24) is 0 Å². The first-order valence-electron chi connectivity index (χ1n) is 6.94. The molecule has 2 aromatic rings. The van der Waals surface area contributed by atoms with Crippen LogP contribution in [0.4, 0.5) is 5.69 Å². The summed E-state index contributed by atoms with van der Waals surface area (Å²) in [4.78, 5) is 4.76. The van der Waals surface area contributed by atoms with Crippen molar-refractivity contribution in [2.45, 2.75) is 10.1 Å². The predicted molar refractivity (Wildman–Crippen MR) is 92.2 cm³/mol. The number of anilines is 1. The van der Waals surface area contributed by atoms with Crippen LogP contribution in [0.1, 0.15) is 0 Å². The summed E-state index contributed by atoms with van der Waals surface area (Å²) in [6, 6.07) is 18.3. The summed E-state index contributed by atoms with van der Waals surface area (Å²) in [5.41, 5.74) is 0.957. The summed E-state index contributed by atoms with van der Waals surface area (Å²) in [5, 5.41) is 3.51. The highest BCUT2D eigenvalue weighted by molar-refractivity contribution is 8.14. The maximum absolute atomic E-state index is 12.5. The van der Waals surface area contributed by atoms with Crippen molar-refractivity contribution in [3.05, 3.63) is 60.7 Å². The Morgan fingerprint density at radius 1 is 1.00 bits per heavy atom. The molecule has 0 saturated heterocycles. The second-order valence-corrected chi connectivity index (χ2v) is 8.16. The van der Waals surface area contributed by atoms with Crippen LogP contribution in [-0.2, 0) is 9.84 Å². The van der Waals surface area contributed by atoms with Gasteiger partial charge in [0.15, 0.2) is 15.0 Å². The third-order valence-electron chi connectivity index (χ3n) is 3.38. The minimum atomic E-state index is -3.31. The molecule has 4 nitrogen and oxygen atoms in total. The highest BCUT2D eigenvalue weighted by atomic mass is 32.2. The van der Waals surface area contributed by atoms with Crippen LogP contribution in [0.2, 0.25) is 0 Å². The van der Waals surface area contributed by atoms with Crippen molar-refractivity contribution in [3.8, 4) is 0 Å².